The molecule has 0 N–H and O–H groups in total. The first kappa shape index (κ1) is 13.7. The van der Waals surface area contributed by atoms with Gasteiger partial charge in [-0.25, -0.2) is 14.4 Å². The summed E-state index contributed by atoms with van der Waals surface area (Å²) >= 11 is 0. The van der Waals surface area contributed by atoms with Crippen LogP contribution in [0.1, 0.15) is 13.8 Å². The Hall–Kier alpha value is -2.31. The first-order valence-electron chi connectivity index (χ1n) is 7.09. The number of hydrogen-bond donors (Lipinski definition) is 0. The molecule has 0 aliphatic carbocycles. The first-order valence-corrected chi connectivity index (χ1v) is 7.09. The summed E-state index contributed by atoms with van der Waals surface area (Å²) in [7, 11) is 6.12. The lowest BCUT2D eigenvalue weighted by atomic mass is 10.5. The molecule has 3 rings (SSSR count). The fourth-order valence-corrected chi connectivity index (χ4v) is 2.59. The summed E-state index contributed by atoms with van der Waals surface area (Å²) in [5.74, 6) is 1.76. The minimum absolute atomic E-state index is 0.244. The average molecular weight is 288 g/mol. The fraction of sp³-hybridized carbons (Fsp3) is 0.500. The molecule has 21 heavy (non-hydrogen) atoms. The Bertz CT molecular complexity index is 549. The highest BCUT2D eigenvalue weighted by atomic mass is 15.5. The minimum Gasteiger partial charge on any atom is -0.351 e. The number of rotatable bonds is 2. The summed E-state index contributed by atoms with van der Waals surface area (Å²) < 4.78 is 2.03. The third-order valence-corrected chi connectivity index (χ3v) is 4.32. The van der Waals surface area contributed by atoms with Crippen molar-refractivity contribution in [2.45, 2.75) is 26.2 Å². The molecule has 0 bridgehead atoms. The van der Waals surface area contributed by atoms with E-state index in [9.17, 15) is 0 Å². The molecular weight excluding hydrogens is 266 g/mol. The smallest absolute Gasteiger partial charge is 0.331 e. The third-order valence-electron chi connectivity index (χ3n) is 4.32. The van der Waals surface area contributed by atoms with E-state index in [1.165, 1.54) is 0 Å². The molecule has 1 aromatic rings. The van der Waals surface area contributed by atoms with Crippen LogP contribution in [0, 0.1) is 0 Å². The molecule has 0 aromatic carbocycles. The Morgan fingerprint density at radius 2 is 1.29 bits per heavy atom. The topological polar surface area (TPSA) is 42.6 Å². The maximum absolute atomic E-state index is 4.46. The Morgan fingerprint density at radius 1 is 0.857 bits per heavy atom. The van der Waals surface area contributed by atoms with E-state index in [4.69, 9.17) is 0 Å². The lowest BCUT2D eigenvalue weighted by molar-refractivity contribution is -0.651. The van der Waals surface area contributed by atoms with Gasteiger partial charge in [-0.05, 0) is 13.8 Å². The highest BCUT2D eigenvalue weighted by Gasteiger charge is 2.32. The Balaban J connectivity index is 1.97. The molecule has 7 nitrogen and oxygen atoms in total. The van der Waals surface area contributed by atoms with E-state index in [0.717, 1.165) is 11.9 Å². The van der Waals surface area contributed by atoms with E-state index in [-0.39, 0.29) is 12.3 Å². The van der Waals surface area contributed by atoms with Gasteiger partial charge in [0.1, 0.15) is 12.3 Å². The van der Waals surface area contributed by atoms with Crippen molar-refractivity contribution in [3.63, 3.8) is 0 Å². The van der Waals surface area contributed by atoms with Crippen molar-refractivity contribution < 1.29 is 4.57 Å². The van der Waals surface area contributed by atoms with Gasteiger partial charge >= 0.3 is 11.9 Å². The Morgan fingerprint density at radius 3 is 1.62 bits per heavy atom. The van der Waals surface area contributed by atoms with Crippen LogP contribution in [0.4, 0.5) is 11.9 Å². The monoisotopic (exact) mass is 288 g/mol. The zero-order valence-electron chi connectivity index (χ0n) is 13.2. The number of hydrogen-bond acceptors (Lipinski definition) is 6. The number of nitrogens with zero attached hydrogens (tertiary/aromatic N) is 7. The van der Waals surface area contributed by atoms with E-state index in [0.29, 0.717) is 0 Å². The Kier molecular flexibility index (Phi) is 3.19. The van der Waals surface area contributed by atoms with Crippen LogP contribution in [0.25, 0.3) is 0 Å². The van der Waals surface area contributed by atoms with Crippen LogP contribution in [0.15, 0.2) is 31.1 Å². The van der Waals surface area contributed by atoms with Gasteiger partial charge in [0, 0.05) is 33.5 Å². The maximum Gasteiger partial charge on any atom is 0.331 e. The largest absolute Gasteiger partial charge is 0.351 e. The quantitative estimate of drug-likeness (QED) is 0.736. The molecule has 2 aliphatic heterocycles. The van der Waals surface area contributed by atoms with Crippen molar-refractivity contribution in [3.8, 4) is 0 Å². The van der Waals surface area contributed by atoms with Gasteiger partial charge in [0.15, 0.2) is 0 Å². The van der Waals surface area contributed by atoms with Gasteiger partial charge < -0.3 is 9.80 Å². The number of aromatic nitrogens is 3. The molecule has 0 radical (unpaired) electrons. The second-order valence-corrected chi connectivity index (χ2v) is 5.54. The van der Waals surface area contributed by atoms with Crippen molar-refractivity contribution in [1.82, 2.24) is 19.8 Å². The van der Waals surface area contributed by atoms with E-state index < -0.39 is 0 Å². The molecule has 2 aliphatic rings. The maximum atomic E-state index is 4.46. The summed E-state index contributed by atoms with van der Waals surface area (Å²) in [4.78, 5) is 17.5. The lowest BCUT2D eigenvalue weighted by Gasteiger charge is -2.26. The molecule has 112 valence electrons. The van der Waals surface area contributed by atoms with Gasteiger partial charge in [0.25, 0.3) is 0 Å². The van der Waals surface area contributed by atoms with E-state index in [1.54, 1.807) is 6.33 Å². The molecule has 3 heterocycles. The van der Waals surface area contributed by atoms with Crippen LogP contribution in [0.3, 0.4) is 0 Å². The molecule has 0 fully saturated rings. The third kappa shape index (κ3) is 2.09. The van der Waals surface area contributed by atoms with Crippen LogP contribution >= 0.6 is 0 Å². The summed E-state index contributed by atoms with van der Waals surface area (Å²) in [6, 6.07) is 0. The standard InChI is InChI=1S/C14H22N7/c1-11-17(3)6-8-20(11)13-15-10-16-14(19(13)5)21-9-7-18(4)12(21)2/h6-12H,1-5H3/q+1/t11-,12+. The molecule has 2 atom stereocenters. The predicted octanol–water partition coefficient (Wildman–Crippen LogP) is 0.439. The predicted molar refractivity (Wildman–Crippen MR) is 80.9 cm³/mol. The van der Waals surface area contributed by atoms with Crippen molar-refractivity contribution >= 4 is 11.9 Å². The summed E-state index contributed by atoms with van der Waals surface area (Å²) in [6.45, 7) is 4.29. The average Bonchev–Trinajstić information content (AvgIpc) is 2.96. The van der Waals surface area contributed by atoms with E-state index in [2.05, 4.69) is 69.9 Å². The van der Waals surface area contributed by atoms with Crippen LogP contribution in [0.2, 0.25) is 0 Å². The highest BCUT2D eigenvalue weighted by molar-refractivity contribution is 5.39. The second kappa shape index (κ2) is 4.91. The number of anilines is 2. The molecule has 0 amide bonds. The fourth-order valence-electron chi connectivity index (χ4n) is 2.59. The molecular formula is C14H22N7+. The van der Waals surface area contributed by atoms with E-state index in [1.807, 2.05) is 24.0 Å². The van der Waals surface area contributed by atoms with Gasteiger partial charge in [-0.15, -0.1) is 9.97 Å². The molecule has 0 spiro atoms. The zero-order chi connectivity index (χ0) is 15.1. The van der Waals surface area contributed by atoms with Gasteiger partial charge in [0.05, 0.1) is 12.4 Å². The highest BCUT2D eigenvalue weighted by Crippen LogP contribution is 2.22. The summed E-state index contributed by atoms with van der Waals surface area (Å²) in [5, 5.41) is 0. The van der Waals surface area contributed by atoms with Gasteiger partial charge in [-0.3, -0.25) is 0 Å². The molecule has 7 heteroatoms. The van der Waals surface area contributed by atoms with Crippen LogP contribution in [0.5, 0.6) is 0 Å². The van der Waals surface area contributed by atoms with Gasteiger partial charge in [-0.1, -0.05) is 0 Å². The second-order valence-electron chi connectivity index (χ2n) is 5.54. The van der Waals surface area contributed by atoms with Crippen molar-refractivity contribution in [2.24, 2.45) is 7.05 Å². The molecule has 0 saturated carbocycles. The van der Waals surface area contributed by atoms with Crippen LogP contribution < -0.4 is 14.4 Å². The zero-order valence-corrected chi connectivity index (χ0v) is 13.2. The first-order chi connectivity index (χ1) is 10.0. The van der Waals surface area contributed by atoms with Crippen LogP contribution in [-0.4, -0.2) is 46.2 Å². The van der Waals surface area contributed by atoms with E-state index >= 15 is 0 Å². The van der Waals surface area contributed by atoms with Gasteiger partial charge in [0.2, 0.25) is 6.33 Å². The summed E-state index contributed by atoms with van der Waals surface area (Å²) in [5.41, 5.74) is 0. The molecule has 0 unspecified atom stereocenters. The van der Waals surface area contributed by atoms with Gasteiger partial charge in [-0.2, -0.15) is 0 Å². The normalized spacial score (nSPS) is 24.6. The molecule has 0 saturated heterocycles. The minimum atomic E-state index is 0.244. The van der Waals surface area contributed by atoms with Crippen molar-refractivity contribution in [1.29, 1.82) is 0 Å². The van der Waals surface area contributed by atoms with Crippen molar-refractivity contribution in [3.05, 3.63) is 31.1 Å². The van der Waals surface area contributed by atoms with Crippen molar-refractivity contribution in [2.75, 3.05) is 23.9 Å². The summed E-state index contributed by atoms with van der Waals surface area (Å²) in [6.07, 6.45) is 10.3. The Labute approximate surface area is 125 Å². The molecule has 1 aromatic heterocycles. The van der Waals surface area contributed by atoms with Crippen LogP contribution in [-0.2, 0) is 7.05 Å². The SMILES string of the molecule is C[C@@H]1N(C)C=CN1c1ncnc(N2C=CN(C)[C@@H]2C)[n+]1C. The lowest BCUT2D eigenvalue weighted by Crippen LogP contribution is -2.48.